The molecule has 1 aliphatic rings. The lowest BCUT2D eigenvalue weighted by Gasteiger charge is -2.33. The lowest BCUT2D eigenvalue weighted by molar-refractivity contribution is 0.0673. The van der Waals surface area contributed by atoms with Gasteiger partial charge in [0.25, 0.3) is 11.5 Å². The highest BCUT2D eigenvalue weighted by atomic mass is 32.2. The van der Waals surface area contributed by atoms with Gasteiger partial charge in [0.05, 0.1) is 28.8 Å². The van der Waals surface area contributed by atoms with Crippen LogP contribution in [-0.2, 0) is 0 Å². The number of likely N-dealkylation sites (tertiary alicyclic amines) is 1. The summed E-state index contributed by atoms with van der Waals surface area (Å²) in [5.41, 5.74) is 1.27. The van der Waals surface area contributed by atoms with Gasteiger partial charge in [-0.3, -0.25) is 14.2 Å². The van der Waals surface area contributed by atoms with Crippen molar-refractivity contribution in [2.75, 3.05) is 19.3 Å². The minimum absolute atomic E-state index is 0.0288. The normalized spacial score (nSPS) is 17.2. The molecule has 3 aromatic rings. The number of para-hydroxylation sites is 1. The maximum absolute atomic E-state index is 13.0. The SMILES string of the molecule is CSc1ncccc1C(=O)N1CCC[C@@H](n2cnc3ccccc3c2=O)C1. The number of carbonyl (C=O) groups is 1. The summed E-state index contributed by atoms with van der Waals surface area (Å²) in [5.74, 6) is -0.0288. The Bertz CT molecular complexity index is 1050. The van der Waals surface area contributed by atoms with Crippen molar-refractivity contribution in [1.29, 1.82) is 0 Å². The third-order valence-corrected chi connectivity index (χ3v) is 5.67. The number of hydrogen-bond donors (Lipinski definition) is 0. The zero-order valence-corrected chi connectivity index (χ0v) is 15.9. The Balaban J connectivity index is 1.63. The molecule has 0 saturated carbocycles. The molecule has 27 heavy (non-hydrogen) atoms. The molecule has 1 saturated heterocycles. The molecule has 0 bridgehead atoms. The van der Waals surface area contributed by atoms with Crippen LogP contribution < -0.4 is 5.56 Å². The topological polar surface area (TPSA) is 68.1 Å². The molecule has 4 rings (SSSR count). The van der Waals surface area contributed by atoms with Gasteiger partial charge in [-0.15, -0.1) is 11.8 Å². The number of piperidine rings is 1. The highest BCUT2D eigenvalue weighted by molar-refractivity contribution is 7.98. The third kappa shape index (κ3) is 3.35. The number of thioether (sulfide) groups is 1. The van der Waals surface area contributed by atoms with Gasteiger partial charge in [0.1, 0.15) is 5.03 Å². The predicted molar refractivity (Wildman–Crippen MR) is 106 cm³/mol. The van der Waals surface area contributed by atoms with Gasteiger partial charge in [0.2, 0.25) is 0 Å². The first kappa shape index (κ1) is 17.7. The molecule has 138 valence electrons. The van der Waals surface area contributed by atoms with Gasteiger partial charge in [-0.2, -0.15) is 0 Å². The van der Waals surface area contributed by atoms with E-state index >= 15 is 0 Å². The average Bonchev–Trinajstić information content (AvgIpc) is 2.73. The lowest BCUT2D eigenvalue weighted by atomic mass is 10.0. The second kappa shape index (κ2) is 7.52. The van der Waals surface area contributed by atoms with Crippen LogP contribution in [0.5, 0.6) is 0 Å². The van der Waals surface area contributed by atoms with Crippen molar-refractivity contribution in [2.45, 2.75) is 23.9 Å². The quantitative estimate of drug-likeness (QED) is 0.654. The summed E-state index contributed by atoms with van der Waals surface area (Å²) in [6.45, 7) is 1.19. The van der Waals surface area contributed by atoms with Gasteiger partial charge in [-0.05, 0) is 43.4 Å². The minimum atomic E-state index is -0.0679. The Morgan fingerprint density at radius 2 is 2.04 bits per heavy atom. The fraction of sp³-hybridized carbons (Fsp3) is 0.300. The molecule has 1 amide bonds. The van der Waals surface area contributed by atoms with Crippen LogP contribution in [0.4, 0.5) is 0 Å². The molecule has 1 aromatic carbocycles. The highest BCUT2D eigenvalue weighted by Gasteiger charge is 2.27. The van der Waals surface area contributed by atoms with Crippen LogP contribution in [0.3, 0.4) is 0 Å². The van der Waals surface area contributed by atoms with Crippen LogP contribution in [0.25, 0.3) is 10.9 Å². The molecule has 0 aliphatic carbocycles. The maximum Gasteiger partial charge on any atom is 0.261 e. The van der Waals surface area contributed by atoms with E-state index in [1.807, 2.05) is 35.4 Å². The van der Waals surface area contributed by atoms with Gasteiger partial charge >= 0.3 is 0 Å². The Labute approximate surface area is 161 Å². The lowest BCUT2D eigenvalue weighted by Crippen LogP contribution is -2.43. The highest BCUT2D eigenvalue weighted by Crippen LogP contribution is 2.25. The molecule has 6 nitrogen and oxygen atoms in total. The molecule has 2 aromatic heterocycles. The first-order valence-corrected chi connectivity index (χ1v) is 10.2. The first-order chi connectivity index (χ1) is 13.2. The summed E-state index contributed by atoms with van der Waals surface area (Å²) in [6, 6.07) is 10.9. The van der Waals surface area contributed by atoms with Crippen LogP contribution in [0.15, 0.2) is 58.7 Å². The van der Waals surface area contributed by atoms with Crippen molar-refractivity contribution in [2.24, 2.45) is 0 Å². The number of pyridine rings is 1. The number of amides is 1. The van der Waals surface area contributed by atoms with Crippen molar-refractivity contribution < 1.29 is 4.79 Å². The van der Waals surface area contributed by atoms with Gasteiger partial charge < -0.3 is 4.90 Å². The van der Waals surface area contributed by atoms with Gasteiger partial charge in [0.15, 0.2) is 0 Å². The second-order valence-corrected chi connectivity index (χ2v) is 7.38. The zero-order valence-electron chi connectivity index (χ0n) is 15.0. The zero-order chi connectivity index (χ0) is 18.8. The van der Waals surface area contributed by atoms with E-state index in [9.17, 15) is 9.59 Å². The molecule has 0 unspecified atom stereocenters. The molecule has 7 heteroatoms. The summed E-state index contributed by atoms with van der Waals surface area (Å²) < 4.78 is 1.68. The van der Waals surface area contributed by atoms with E-state index in [0.717, 1.165) is 17.9 Å². The molecular formula is C20H20N4O2S. The number of aromatic nitrogens is 3. The van der Waals surface area contributed by atoms with Crippen LogP contribution in [0.2, 0.25) is 0 Å². The van der Waals surface area contributed by atoms with E-state index < -0.39 is 0 Å². The third-order valence-electron chi connectivity index (χ3n) is 4.96. The largest absolute Gasteiger partial charge is 0.336 e. The van der Waals surface area contributed by atoms with E-state index in [1.165, 1.54) is 11.8 Å². The van der Waals surface area contributed by atoms with Crippen molar-refractivity contribution in [3.63, 3.8) is 0 Å². The van der Waals surface area contributed by atoms with E-state index in [4.69, 9.17) is 0 Å². The average molecular weight is 380 g/mol. The monoisotopic (exact) mass is 380 g/mol. The number of hydrogen-bond acceptors (Lipinski definition) is 5. The van der Waals surface area contributed by atoms with E-state index in [0.29, 0.717) is 29.6 Å². The van der Waals surface area contributed by atoms with E-state index in [1.54, 1.807) is 29.2 Å². The minimum Gasteiger partial charge on any atom is -0.336 e. The Kier molecular flexibility index (Phi) is 4.94. The molecular weight excluding hydrogens is 360 g/mol. The Hall–Kier alpha value is -2.67. The molecule has 0 N–H and O–H groups in total. The summed E-state index contributed by atoms with van der Waals surface area (Å²) in [7, 11) is 0. The Morgan fingerprint density at radius 1 is 1.19 bits per heavy atom. The smallest absolute Gasteiger partial charge is 0.261 e. The number of benzene rings is 1. The van der Waals surface area contributed by atoms with Crippen LogP contribution in [0.1, 0.15) is 29.2 Å². The molecule has 1 fully saturated rings. The van der Waals surface area contributed by atoms with Gasteiger partial charge in [-0.25, -0.2) is 9.97 Å². The van der Waals surface area contributed by atoms with Gasteiger partial charge in [-0.1, -0.05) is 12.1 Å². The standard InChI is InChI=1S/C20H20N4O2S/c1-27-18-16(8-4-10-21-18)19(25)23-11-5-6-14(12-23)24-13-22-17-9-3-2-7-15(17)20(24)26/h2-4,7-10,13-14H,5-6,11-12H2,1H3/t14-/m1/s1. The van der Waals surface area contributed by atoms with E-state index in [2.05, 4.69) is 9.97 Å². The van der Waals surface area contributed by atoms with Crippen LogP contribution in [0, 0.1) is 0 Å². The summed E-state index contributed by atoms with van der Waals surface area (Å²) in [4.78, 5) is 36.4. The van der Waals surface area contributed by atoms with Crippen LogP contribution in [-0.4, -0.2) is 44.7 Å². The molecule has 1 aliphatic heterocycles. The fourth-order valence-electron chi connectivity index (χ4n) is 3.60. The second-order valence-electron chi connectivity index (χ2n) is 6.58. The first-order valence-electron chi connectivity index (χ1n) is 8.93. The predicted octanol–water partition coefficient (Wildman–Crippen LogP) is 2.99. The van der Waals surface area contributed by atoms with Crippen molar-refractivity contribution in [1.82, 2.24) is 19.4 Å². The van der Waals surface area contributed by atoms with Crippen LogP contribution >= 0.6 is 11.8 Å². The van der Waals surface area contributed by atoms with Crippen molar-refractivity contribution in [3.8, 4) is 0 Å². The van der Waals surface area contributed by atoms with E-state index in [-0.39, 0.29) is 17.5 Å². The maximum atomic E-state index is 13.0. The number of carbonyl (C=O) groups excluding carboxylic acids is 1. The van der Waals surface area contributed by atoms with Gasteiger partial charge in [0, 0.05) is 19.3 Å². The fourth-order valence-corrected chi connectivity index (χ4v) is 4.14. The summed E-state index contributed by atoms with van der Waals surface area (Å²) in [6.07, 6.45) is 6.93. The Morgan fingerprint density at radius 3 is 2.89 bits per heavy atom. The number of nitrogens with zero attached hydrogens (tertiary/aromatic N) is 4. The molecule has 0 radical (unpaired) electrons. The molecule has 3 heterocycles. The molecule has 0 spiro atoms. The summed E-state index contributed by atoms with van der Waals surface area (Å²) >= 11 is 1.46. The number of rotatable bonds is 3. The van der Waals surface area contributed by atoms with Crippen molar-refractivity contribution >= 4 is 28.6 Å². The summed E-state index contributed by atoms with van der Waals surface area (Å²) in [5, 5.41) is 1.34. The van der Waals surface area contributed by atoms with Crippen molar-refractivity contribution in [3.05, 3.63) is 64.8 Å². The number of fused-ring (bicyclic) bond motifs is 1. The molecule has 1 atom stereocenters.